The van der Waals surface area contributed by atoms with Gasteiger partial charge >= 0.3 is 0 Å². The van der Waals surface area contributed by atoms with Crippen molar-refractivity contribution in [1.82, 2.24) is 4.98 Å². The third kappa shape index (κ3) is 4.02. The molecule has 0 radical (unpaired) electrons. The van der Waals surface area contributed by atoms with Crippen molar-refractivity contribution in [2.45, 2.75) is 32.6 Å². The number of aryl methyl sites for hydroxylation is 2. The van der Waals surface area contributed by atoms with Crippen LogP contribution in [0.5, 0.6) is 0 Å². The first kappa shape index (κ1) is 13.5. The Labute approximate surface area is 114 Å². The van der Waals surface area contributed by atoms with Crippen LogP contribution >= 0.6 is 0 Å². The number of aromatic nitrogens is 1. The van der Waals surface area contributed by atoms with Crippen LogP contribution in [0.2, 0.25) is 0 Å². The summed E-state index contributed by atoms with van der Waals surface area (Å²) in [7, 11) is 0. The van der Waals surface area contributed by atoms with Gasteiger partial charge in [0.15, 0.2) is 5.78 Å². The molecule has 2 nitrogen and oxygen atoms in total. The van der Waals surface area contributed by atoms with Gasteiger partial charge in [-0.2, -0.15) is 0 Å². The molecule has 0 saturated heterocycles. The van der Waals surface area contributed by atoms with Crippen molar-refractivity contribution >= 4 is 5.78 Å². The summed E-state index contributed by atoms with van der Waals surface area (Å²) < 4.78 is 0. The largest absolute Gasteiger partial charge is 0.294 e. The second-order valence-electron chi connectivity index (χ2n) is 4.73. The van der Waals surface area contributed by atoms with Gasteiger partial charge in [0.1, 0.15) is 0 Å². The van der Waals surface area contributed by atoms with Crippen LogP contribution in [0.1, 0.15) is 41.3 Å². The van der Waals surface area contributed by atoms with E-state index < -0.39 is 0 Å². The molecule has 0 atom stereocenters. The fraction of sp³-hybridized carbons (Fsp3) is 0.294. The van der Waals surface area contributed by atoms with E-state index in [0.29, 0.717) is 6.42 Å². The Morgan fingerprint density at radius 3 is 2.47 bits per heavy atom. The molecule has 0 N–H and O–H groups in total. The van der Waals surface area contributed by atoms with Crippen LogP contribution < -0.4 is 0 Å². The number of carbonyl (C=O) groups is 1. The molecule has 0 spiro atoms. The maximum Gasteiger partial charge on any atom is 0.163 e. The van der Waals surface area contributed by atoms with E-state index in [4.69, 9.17) is 0 Å². The van der Waals surface area contributed by atoms with Gasteiger partial charge < -0.3 is 0 Å². The van der Waals surface area contributed by atoms with E-state index in [1.165, 1.54) is 5.56 Å². The minimum atomic E-state index is 0.201. The standard InChI is InChI=1S/C17H19NO/c1-2-4-14-6-9-16(10-7-14)17(19)11-8-15-5-3-12-18-13-15/h3,5-7,9-10,12-13H,2,4,8,11H2,1H3. The van der Waals surface area contributed by atoms with Gasteiger partial charge in [-0.05, 0) is 30.0 Å². The highest BCUT2D eigenvalue weighted by Crippen LogP contribution is 2.10. The molecule has 1 aromatic heterocycles. The Morgan fingerprint density at radius 1 is 1.05 bits per heavy atom. The fourth-order valence-corrected chi connectivity index (χ4v) is 2.09. The maximum atomic E-state index is 12.1. The Kier molecular flexibility index (Phi) is 4.85. The topological polar surface area (TPSA) is 30.0 Å². The lowest BCUT2D eigenvalue weighted by molar-refractivity contribution is 0.0983. The van der Waals surface area contributed by atoms with Gasteiger partial charge in [-0.25, -0.2) is 0 Å². The predicted molar refractivity (Wildman–Crippen MR) is 77.3 cm³/mol. The molecule has 1 heterocycles. The van der Waals surface area contributed by atoms with E-state index in [2.05, 4.69) is 24.0 Å². The molecule has 98 valence electrons. The number of pyridine rings is 1. The molecule has 2 aromatic rings. The van der Waals surface area contributed by atoms with Crippen molar-refractivity contribution in [3.8, 4) is 0 Å². The third-order valence-corrected chi connectivity index (χ3v) is 3.18. The molecule has 0 aliphatic heterocycles. The fourth-order valence-electron chi connectivity index (χ4n) is 2.09. The first-order chi connectivity index (χ1) is 9.29. The van der Waals surface area contributed by atoms with Gasteiger partial charge in [0, 0.05) is 24.4 Å². The normalized spacial score (nSPS) is 10.4. The lowest BCUT2D eigenvalue weighted by Gasteiger charge is -2.03. The van der Waals surface area contributed by atoms with Crippen molar-refractivity contribution in [2.24, 2.45) is 0 Å². The second-order valence-corrected chi connectivity index (χ2v) is 4.73. The van der Waals surface area contributed by atoms with Crippen LogP contribution in [-0.2, 0) is 12.8 Å². The van der Waals surface area contributed by atoms with Crippen molar-refractivity contribution < 1.29 is 4.79 Å². The number of ketones is 1. The highest BCUT2D eigenvalue weighted by Gasteiger charge is 2.06. The zero-order chi connectivity index (χ0) is 13.5. The van der Waals surface area contributed by atoms with Crippen LogP contribution in [0, 0.1) is 0 Å². The molecule has 2 heteroatoms. The Morgan fingerprint density at radius 2 is 1.84 bits per heavy atom. The van der Waals surface area contributed by atoms with Crippen LogP contribution in [0.15, 0.2) is 48.8 Å². The lowest BCUT2D eigenvalue weighted by Crippen LogP contribution is -2.01. The molecule has 19 heavy (non-hydrogen) atoms. The Balaban J connectivity index is 1.92. The Hall–Kier alpha value is -1.96. The summed E-state index contributed by atoms with van der Waals surface area (Å²) in [6, 6.07) is 11.9. The number of benzene rings is 1. The molecule has 1 aromatic carbocycles. The molecule has 0 amide bonds. The second kappa shape index (κ2) is 6.83. The summed E-state index contributed by atoms with van der Waals surface area (Å²) >= 11 is 0. The molecule has 2 rings (SSSR count). The van der Waals surface area contributed by atoms with Crippen LogP contribution in [0.4, 0.5) is 0 Å². The van der Waals surface area contributed by atoms with Crippen LogP contribution in [-0.4, -0.2) is 10.8 Å². The number of hydrogen-bond acceptors (Lipinski definition) is 2. The summed E-state index contributed by atoms with van der Waals surface area (Å²) in [5, 5.41) is 0. The van der Waals surface area contributed by atoms with Gasteiger partial charge in [-0.1, -0.05) is 43.7 Å². The summed E-state index contributed by atoms with van der Waals surface area (Å²) in [4.78, 5) is 16.1. The van der Waals surface area contributed by atoms with Gasteiger partial charge in [-0.15, -0.1) is 0 Å². The first-order valence-corrected chi connectivity index (χ1v) is 6.80. The number of rotatable bonds is 6. The smallest absolute Gasteiger partial charge is 0.163 e. The van der Waals surface area contributed by atoms with E-state index in [9.17, 15) is 4.79 Å². The van der Waals surface area contributed by atoms with E-state index in [1.54, 1.807) is 6.20 Å². The molecule has 0 aliphatic carbocycles. The molecule has 0 bridgehead atoms. The lowest BCUT2D eigenvalue weighted by atomic mass is 10.0. The molecule has 0 aliphatic rings. The first-order valence-electron chi connectivity index (χ1n) is 6.80. The van der Waals surface area contributed by atoms with Gasteiger partial charge in [0.2, 0.25) is 0 Å². The summed E-state index contributed by atoms with van der Waals surface area (Å²) in [5.41, 5.74) is 3.22. The number of hydrogen-bond donors (Lipinski definition) is 0. The highest BCUT2D eigenvalue weighted by atomic mass is 16.1. The van der Waals surface area contributed by atoms with Crippen molar-refractivity contribution in [1.29, 1.82) is 0 Å². The van der Waals surface area contributed by atoms with E-state index in [-0.39, 0.29) is 5.78 Å². The van der Waals surface area contributed by atoms with Crippen LogP contribution in [0.3, 0.4) is 0 Å². The quantitative estimate of drug-likeness (QED) is 0.732. The molecular formula is C17H19NO. The third-order valence-electron chi connectivity index (χ3n) is 3.18. The van der Waals surface area contributed by atoms with Crippen LogP contribution in [0.25, 0.3) is 0 Å². The van der Waals surface area contributed by atoms with Crippen molar-refractivity contribution in [3.63, 3.8) is 0 Å². The van der Waals surface area contributed by atoms with Gasteiger partial charge in [-0.3, -0.25) is 9.78 Å². The number of Topliss-reactive ketones (excluding diaryl/α,β-unsaturated/α-hetero) is 1. The molecule has 0 unspecified atom stereocenters. The molecule has 0 saturated carbocycles. The Bertz CT molecular complexity index is 517. The SMILES string of the molecule is CCCc1ccc(C(=O)CCc2cccnc2)cc1. The predicted octanol–water partition coefficient (Wildman–Crippen LogP) is 3.85. The summed E-state index contributed by atoms with van der Waals surface area (Å²) in [6.45, 7) is 2.16. The minimum absolute atomic E-state index is 0.201. The molecular weight excluding hydrogens is 234 g/mol. The average Bonchev–Trinajstić information content (AvgIpc) is 2.47. The highest BCUT2D eigenvalue weighted by molar-refractivity contribution is 5.96. The minimum Gasteiger partial charge on any atom is -0.294 e. The van der Waals surface area contributed by atoms with Crippen molar-refractivity contribution in [2.75, 3.05) is 0 Å². The average molecular weight is 253 g/mol. The van der Waals surface area contributed by atoms with E-state index in [1.807, 2.05) is 30.5 Å². The van der Waals surface area contributed by atoms with E-state index >= 15 is 0 Å². The zero-order valence-corrected chi connectivity index (χ0v) is 11.3. The van der Waals surface area contributed by atoms with Gasteiger partial charge in [0.05, 0.1) is 0 Å². The molecule has 0 fully saturated rings. The zero-order valence-electron chi connectivity index (χ0n) is 11.3. The number of carbonyl (C=O) groups excluding carboxylic acids is 1. The van der Waals surface area contributed by atoms with Crippen molar-refractivity contribution in [3.05, 3.63) is 65.5 Å². The van der Waals surface area contributed by atoms with Gasteiger partial charge in [0.25, 0.3) is 0 Å². The monoisotopic (exact) mass is 253 g/mol. The number of nitrogens with zero attached hydrogens (tertiary/aromatic N) is 1. The summed E-state index contributed by atoms with van der Waals surface area (Å²) in [5.74, 6) is 0.201. The maximum absolute atomic E-state index is 12.1. The summed E-state index contributed by atoms with van der Waals surface area (Å²) in [6.07, 6.45) is 7.07. The van der Waals surface area contributed by atoms with E-state index in [0.717, 1.165) is 30.4 Å².